The molecule has 0 bridgehead atoms. The molecule has 0 radical (unpaired) electrons. The van der Waals surface area contributed by atoms with Crippen LogP contribution in [0.25, 0.3) is 5.52 Å². The molecule has 18 heavy (non-hydrogen) atoms. The van der Waals surface area contributed by atoms with Crippen LogP contribution in [0.2, 0.25) is 0 Å². The van der Waals surface area contributed by atoms with Crippen LogP contribution in [0.5, 0.6) is 0 Å². The lowest BCUT2D eigenvalue weighted by atomic mass is 10.3. The van der Waals surface area contributed by atoms with Gasteiger partial charge in [-0.15, -0.1) is 0 Å². The fraction of sp³-hybridized carbons (Fsp3) is 0.100. The molecule has 1 N–H and O–H groups in total. The molecule has 0 aliphatic rings. The topological polar surface area (TPSA) is 78.4 Å². The van der Waals surface area contributed by atoms with Gasteiger partial charge in [0.1, 0.15) is 6.07 Å². The first-order chi connectivity index (χ1) is 8.36. The molecule has 0 atom stereocenters. The number of rotatable bonds is 0. The van der Waals surface area contributed by atoms with Gasteiger partial charge in [0.2, 0.25) is 0 Å². The van der Waals surface area contributed by atoms with Gasteiger partial charge in [-0.05, 0) is 12.1 Å². The summed E-state index contributed by atoms with van der Waals surface area (Å²) in [4.78, 5) is 8.90. The molecule has 2 rings (SSSR count). The number of carbonyl (C=O) groups is 1. The van der Waals surface area contributed by atoms with Crippen molar-refractivity contribution in [3.63, 3.8) is 0 Å². The lowest BCUT2D eigenvalue weighted by molar-refractivity contribution is -0.192. The number of aliphatic carboxylic acids is 1. The van der Waals surface area contributed by atoms with Gasteiger partial charge in [0.25, 0.3) is 0 Å². The van der Waals surface area contributed by atoms with Crippen molar-refractivity contribution in [1.82, 2.24) is 9.61 Å². The van der Waals surface area contributed by atoms with Crippen molar-refractivity contribution in [1.29, 1.82) is 5.26 Å². The first kappa shape index (κ1) is 13.5. The Morgan fingerprint density at radius 2 is 2.06 bits per heavy atom. The van der Waals surface area contributed by atoms with E-state index in [4.69, 9.17) is 15.2 Å². The minimum absolute atomic E-state index is 0.616. The molecular formula is C10H6F3N3O2. The van der Waals surface area contributed by atoms with Crippen LogP contribution in [0.1, 0.15) is 5.56 Å². The summed E-state index contributed by atoms with van der Waals surface area (Å²) >= 11 is 0. The zero-order valence-corrected chi connectivity index (χ0v) is 8.72. The van der Waals surface area contributed by atoms with E-state index in [9.17, 15) is 13.2 Å². The Labute approximate surface area is 98.7 Å². The average molecular weight is 257 g/mol. The Morgan fingerprint density at radius 3 is 2.56 bits per heavy atom. The van der Waals surface area contributed by atoms with Gasteiger partial charge < -0.3 is 5.11 Å². The van der Waals surface area contributed by atoms with Gasteiger partial charge in [0, 0.05) is 6.20 Å². The lowest BCUT2D eigenvalue weighted by Gasteiger charge is -1.93. The molecule has 0 saturated heterocycles. The summed E-state index contributed by atoms with van der Waals surface area (Å²) in [5.74, 6) is -2.76. The van der Waals surface area contributed by atoms with Crippen LogP contribution < -0.4 is 0 Å². The standard InChI is InChI=1S/C8H5N3.C2HF3O2/c9-5-7-6-10-11-4-2-1-3-8(7)11;3-2(4,5)1(6)7/h1-4,6H;(H,6,7). The molecule has 0 saturated carbocycles. The summed E-state index contributed by atoms with van der Waals surface area (Å²) in [5, 5.41) is 19.7. The van der Waals surface area contributed by atoms with Crippen LogP contribution in [0.3, 0.4) is 0 Å². The van der Waals surface area contributed by atoms with Gasteiger partial charge in [-0.25, -0.2) is 9.31 Å². The predicted octanol–water partition coefficient (Wildman–Crippen LogP) is 1.84. The van der Waals surface area contributed by atoms with Gasteiger partial charge in [-0.2, -0.15) is 23.5 Å². The lowest BCUT2D eigenvalue weighted by Crippen LogP contribution is -2.21. The average Bonchev–Trinajstić information content (AvgIpc) is 2.71. The van der Waals surface area contributed by atoms with E-state index in [2.05, 4.69) is 11.2 Å². The van der Waals surface area contributed by atoms with E-state index in [1.54, 1.807) is 10.7 Å². The van der Waals surface area contributed by atoms with E-state index in [0.29, 0.717) is 5.56 Å². The maximum atomic E-state index is 10.6. The van der Waals surface area contributed by atoms with E-state index < -0.39 is 12.1 Å². The number of pyridine rings is 1. The highest BCUT2D eigenvalue weighted by Crippen LogP contribution is 2.13. The zero-order chi connectivity index (χ0) is 13.8. The van der Waals surface area contributed by atoms with Crippen molar-refractivity contribution < 1.29 is 23.1 Å². The van der Waals surface area contributed by atoms with Crippen LogP contribution in [-0.2, 0) is 4.79 Å². The molecule has 2 aromatic heterocycles. The van der Waals surface area contributed by atoms with E-state index in [-0.39, 0.29) is 0 Å². The van der Waals surface area contributed by atoms with E-state index in [1.165, 1.54) is 0 Å². The third-order valence-corrected chi connectivity index (χ3v) is 1.79. The second-order valence-electron chi connectivity index (χ2n) is 3.00. The number of fused-ring (bicyclic) bond motifs is 1. The molecule has 5 nitrogen and oxygen atoms in total. The largest absolute Gasteiger partial charge is 0.490 e. The first-order valence-electron chi connectivity index (χ1n) is 4.49. The monoisotopic (exact) mass is 257 g/mol. The summed E-state index contributed by atoms with van der Waals surface area (Å²) in [6.45, 7) is 0. The number of halogens is 3. The number of carboxylic acids is 1. The van der Waals surface area contributed by atoms with Crippen molar-refractivity contribution >= 4 is 11.5 Å². The summed E-state index contributed by atoms with van der Waals surface area (Å²) in [7, 11) is 0. The van der Waals surface area contributed by atoms with Gasteiger partial charge >= 0.3 is 12.1 Å². The molecule has 94 valence electrons. The van der Waals surface area contributed by atoms with E-state index in [1.807, 2.05) is 24.4 Å². The van der Waals surface area contributed by atoms with Gasteiger partial charge in [0.05, 0.1) is 17.3 Å². The number of carboxylic acid groups (broad SMARTS) is 1. The van der Waals surface area contributed by atoms with Crippen molar-refractivity contribution in [2.75, 3.05) is 0 Å². The smallest absolute Gasteiger partial charge is 0.475 e. The van der Waals surface area contributed by atoms with E-state index >= 15 is 0 Å². The second-order valence-corrected chi connectivity index (χ2v) is 3.00. The van der Waals surface area contributed by atoms with Crippen molar-refractivity contribution in [2.45, 2.75) is 6.18 Å². The molecule has 0 fully saturated rings. The highest BCUT2D eigenvalue weighted by molar-refractivity contribution is 5.73. The van der Waals surface area contributed by atoms with Crippen LogP contribution >= 0.6 is 0 Å². The number of hydrogen-bond acceptors (Lipinski definition) is 3. The second kappa shape index (κ2) is 5.18. The molecule has 0 amide bonds. The predicted molar refractivity (Wildman–Crippen MR) is 53.6 cm³/mol. The molecule has 0 spiro atoms. The van der Waals surface area contributed by atoms with Crippen LogP contribution in [0.4, 0.5) is 13.2 Å². The zero-order valence-electron chi connectivity index (χ0n) is 8.72. The maximum Gasteiger partial charge on any atom is 0.490 e. The van der Waals surface area contributed by atoms with Crippen LogP contribution in [0.15, 0.2) is 30.6 Å². The molecule has 0 aromatic carbocycles. The molecule has 2 heterocycles. The van der Waals surface area contributed by atoms with E-state index in [0.717, 1.165) is 5.52 Å². The summed E-state index contributed by atoms with van der Waals surface area (Å²) in [6, 6.07) is 7.70. The highest BCUT2D eigenvalue weighted by atomic mass is 19.4. The Balaban J connectivity index is 0.000000203. The Kier molecular flexibility index (Phi) is 3.89. The summed E-state index contributed by atoms with van der Waals surface area (Å²) in [6.07, 6.45) is -1.70. The first-order valence-corrected chi connectivity index (χ1v) is 4.49. The Bertz CT molecular complexity index is 598. The quantitative estimate of drug-likeness (QED) is 0.781. The highest BCUT2D eigenvalue weighted by Gasteiger charge is 2.38. The number of hydrogen-bond donors (Lipinski definition) is 1. The molecule has 0 aliphatic heterocycles. The minimum atomic E-state index is -5.08. The van der Waals surface area contributed by atoms with Crippen molar-refractivity contribution in [2.24, 2.45) is 0 Å². The fourth-order valence-corrected chi connectivity index (χ4v) is 1.02. The Morgan fingerprint density at radius 1 is 1.44 bits per heavy atom. The third kappa shape index (κ3) is 3.21. The van der Waals surface area contributed by atoms with Crippen LogP contribution in [0, 0.1) is 11.3 Å². The fourth-order valence-electron chi connectivity index (χ4n) is 1.02. The van der Waals surface area contributed by atoms with Gasteiger partial charge in [0.15, 0.2) is 0 Å². The third-order valence-electron chi connectivity index (χ3n) is 1.79. The van der Waals surface area contributed by atoms with Gasteiger partial charge in [-0.1, -0.05) is 6.07 Å². The van der Waals surface area contributed by atoms with Crippen molar-refractivity contribution in [3.8, 4) is 6.07 Å². The molecule has 0 aliphatic carbocycles. The molecule has 2 aromatic rings. The molecule has 8 heteroatoms. The maximum absolute atomic E-state index is 10.6. The number of aromatic nitrogens is 2. The number of alkyl halides is 3. The SMILES string of the molecule is N#Cc1cnn2ccccc12.O=C(O)C(F)(F)F. The van der Waals surface area contributed by atoms with Gasteiger partial charge in [-0.3, -0.25) is 0 Å². The van der Waals surface area contributed by atoms with Crippen LogP contribution in [-0.4, -0.2) is 26.9 Å². The summed E-state index contributed by atoms with van der Waals surface area (Å²) in [5.41, 5.74) is 1.47. The molecular weight excluding hydrogens is 251 g/mol. The van der Waals surface area contributed by atoms with Crippen molar-refractivity contribution in [3.05, 3.63) is 36.2 Å². The molecule has 0 unspecified atom stereocenters. The number of nitriles is 1. The number of nitrogens with zero attached hydrogens (tertiary/aromatic N) is 3. The summed E-state index contributed by atoms with van der Waals surface area (Å²) < 4.78 is 33.4. The minimum Gasteiger partial charge on any atom is -0.475 e. The Hall–Kier alpha value is -2.56. The normalized spacial score (nSPS) is 10.3.